The normalized spacial score (nSPS) is 11.7. The predicted molar refractivity (Wildman–Crippen MR) is 74.5 cm³/mol. The molecule has 1 heterocycles. The Morgan fingerprint density at radius 3 is 2.76 bits per heavy atom. The Morgan fingerprint density at radius 1 is 1.38 bits per heavy atom. The van der Waals surface area contributed by atoms with Crippen molar-refractivity contribution in [3.05, 3.63) is 58.0 Å². The van der Waals surface area contributed by atoms with E-state index in [4.69, 9.17) is 4.42 Å². The largest absolute Gasteiger partial charge is 0.463 e. The Labute approximate surface area is 120 Å². The summed E-state index contributed by atoms with van der Waals surface area (Å²) in [7, 11) is -3.98. The number of nitro groups is 1. The minimum atomic E-state index is -3.98. The zero-order valence-electron chi connectivity index (χ0n) is 10.9. The van der Waals surface area contributed by atoms with Gasteiger partial charge in [0.05, 0.1) is 22.3 Å². The average Bonchev–Trinajstić information content (AvgIpc) is 2.91. The van der Waals surface area contributed by atoms with Gasteiger partial charge in [-0.05, 0) is 25.1 Å². The number of hydrazone groups is 1. The second-order valence-corrected chi connectivity index (χ2v) is 5.73. The molecule has 0 aliphatic rings. The number of nitrogens with one attached hydrogen (secondary N) is 1. The zero-order valence-corrected chi connectivity index (χ0v) is 11.7. The van der Waals surface area contributed by atoms with Gasteiger partial charge in [0.25, 0.3) is 15.7 Å². The molecule has 1 N–H and O–H groups in total. The average molecular weight is 309 g/mol. The quantitative estimate of drug-likeness (QED) is 0.514. The number of hydrogen-bond donors (Lipinski definition) is 1. The molecule has 0 saturated carbocycles. The van der Waals surface area contributed by atoms with E-state index in [1.165, 1.54) is 31.5 Å². The Balaban J connectivity index is 2.23. The molecule has 1 aromatic carbocycles. The number of aryl methyl sites for hydroxylation is 1. The van der Waals surface area contributed by atoms with Crippen molar-refractivity contribution < 1.29 is 17.8 Å². The molecule has 8 nitrogen and oxygen atoms in total. The van der Waals surface area contributed by atoms with Gasteiger partial charge in [0.2, 0.25) is 0 Å². The van der Waals surface area contributed by atoms with Gasteiger partial charge >= 0.3 is 0 Å². The monoisotopic (exact) mass is 309 g/mol. The fourth-order valence-electron chi connectivity index (χ4n) is 1.53. The van der Waals surface area contributed by atoms with Crippen LogP contribution in [-0.2, 0) is 10.0 Å². The highest BCUT2D eigenvalue weighted by molar-refractivity contribution is 7.89. The Bertz CT molecular complexity index is 781. The summed E-state index contributed by atoms with van der Waals surface area (Å²) in [4.78, 5) is 11.9. The molecule has 0 aliphatic heterocycles. The number of hydrogen-bond acceptors (Lipinski definition) is 6. The summed E-state index contributed by atoms with van der Waals surface area (Å²) in [5.74, 6) is 0.368. The van der Waals surface area contributed by atoms with Gasteiger partial charge in [-0.2, -0.15) is 18.4 Å². The highest BCUT2D eigenvalue weighted by Gasteiger charge is 2.19. The van der Waals surface area contributed by atoms with Crippen molar-refractivity contribution in [2.75, 3.05) is 0 Å². The first kappa shape index (κ1) is 14.7. The van der Waals surface area contributed by atoms with Crippen molar-refractivity contribution in [3.8, 4) is 0 Å². The molecule has 0 fully saturated rings. The van der Waals surface area contributed by atoms with E-state index in [0.717, 1.165) is 6.07 Å². The fraction of sp³-hybridized carbons (Fsp3) is 0.0833. The lowest BCUT2D eigenvalue weighted by molar-refractivity contribution is -0.385. The Kier molecular flexibility index (Phi) is 4.03. The number of nitrogens with zero attached hydrogens (tertiary/aromatic N) is 2. The molecule has 2 aromatic rings. The van der Waals surface area contributed by atoms with Crippen molar-refractivity contribution in [1.82, 2.24) is 4.83 Å². The highest BCUT2D eigenvalue weighted by atomic mass is 32.2. The number of nitro benzene ring substituents is 1. The summed E-state index contributed by atoms with van der Waals surface area (Å²) in [5, 5.41) is 14.4. The molecular weight excluding hydrogens is 298 g/mol. The topological polar surface area (TPSA) is 115 Å². The molecule has 0 spiro atoms. The molecule has 2 rings (SSSR count). The van der Waals surface area contributed by atoms with Gasteiger partial charge in [0.1, 0.15) is 5.76 Å². The second-order valence-electron chi connectivity index (χ2n) is 4.07. The van der Waals surface area contributed by atoms with Crippen LogP contribution in [0.2, 0.25) is 0 Å². The summed E-state index contributed by atoms with van der Waals surface area (Å²) in [6.07, 6.45) is 2.60. The molecule has 0 unspecified atom stereocenters. The summed E-state index contributed by atoms with van der Waals surface area (Å²) < 4.78 is 28.9. The maximum absolute atomic E-state index is 12.0. The predicted octanol–water partition coefficient (Wildman–Crippen LogP) is 1.81. The van der Waals surface area contributed by atoms with E-state index in [-0.39, 0.29) is 10.6 Å². The van der Waals surface area contributed by atoms with Gasteiger partial charge < -0.3 is 4.42 Å². The molecule has 1 aromatic heterocycles. The summed E-state index contributed by atoms with van der Waals surface area (Å²) >= 11 is 0. The standard InChI is InChI=1S/C12H11N3O5S/c1-9-4-5-11(7-12(9)15(16)17)21(18,19)14-13-8-10-3-2-6-20-10/h2-8,14H,1H3/b13-8+. The lowest BCUT2D eigenvalue weighted by Gasteiger charge is -2.04. The first-order valence-electron chi connectivity index (χ1n) is 5.73. The molecule has 21 heavy (non-hydrogen) atoms. The minimum absolute atomic E-state index is 0.239. The zero-order chi connectivity index (χ0) is 15.5. The maximum atomic E-state index is 12.0. The van der Waals surface area contributed by atoms with E-state index in [1.54, 1.807) is 12.1 Å². The molecular formula is C12H11N3O5S. The van der Waals surface area contributed by atoms with Crippen LogP contribution in [0.25, 0.3) is 0 Å². The van der Waals surface area contributed by atoms with Gasteiger partial charge in [-0.1, -0.05) is 6.07 Å². The third kappa shape index (κ3) is 3.45. The van der Waals surface area contributed by atoms with Crippen LogP contribution in [-0.4, -0.2) is 19.6 Å². The molecule has 0 amide bonds. The molecule has 110 valence electrons. The lowest BCUT2D eigenvalue weighted by atomic mass is 10.2. The van der Waals surface area contributed by atoms with Gasteiger partial charge in [0.15, 0.2) is 0 Å². The van der Waals surface area contributed by atoms with E-state index >= 15 is 0 Å². The van der Waals surface area contributed by atoms with E-state index in [0.29, 0.717) is 11.3 Å². The van der Waals surface area contributed by atoms with Crippen LogP contribution in [0.15, 0.2) is 51.0 Å². The maximum Gasteiger partial charge on any atom is 0.276 e. The second kappa shape index (κ2) is 5.75. The van der Waals surface area contributed by atoms with Crippen molar-refractivity contribution >= 4 is 21.9 Å². The molecule has 0 bridgehead atoms. The van der Waals surface area contributed by atoms with Crippen LogP contribution in [0, 0.1) is 17.0 Å². The van der Waals surface area contributed by atoms with Gasteiger partial charge in [-0.25, -0.2) is 0 Å². The number of sulfonamides is 1. The third-order valence-corrected chi connectivity index (χ3v) is 3.82. The molecule has 0 saturated heterocycles. The first-order valence-corrected chi connectivity index (χ1v) is 7.22. The van der Waals surface area contributed by atoms with E-state index in [2.05, 4.69) is 5.10 Å². The smallest absolute Gasteiger partial charge is 0.276 e. The Hall–Kier alpha value is -2.68. The summed E-state index contributed by atoms with van der Waals surface area (Å²) in [6.45, 7) is 1.52. The van der Waals surface area contributed by atoms with Crippen LogP contribution < -0.4 is 4.83 Å². The summed E-state index contributed by atoms with van der Waals surface area (Å²) in [5.41, 5.74) is 0.103. The van der Waals surface area contributed by atoms with Crippen LogP contribution >= 0.6 is 0 Å². The van der Waals surface area contributed by atoms with Crippen molar-refractivity contribution in [2.24, 2.45) is 5.10 Å². The number of benzene rings is 1. The lowest BCUT2D eigenvalue weighted by Crippen LogP contribution is -2.18. The highest BCUT2D eigenvalue weighted by Crippen LogP contribution is 2.21. The van der Waals surface area contributed by atoms with Crippen LogP contribution in [0.3, 0.4) is 0 Å². The van der Waals surface area contributed by atoms with Crippen LogP contribution in [0.1, 0.15) is 11.3 Å². The van der Waals surface area contributed by atoms with Crippen LogP contribution in [0.4, 0.5) is 5.69 Å². The Morgan fingerprint density at radius 2 is 2.14 bits per heavy atom. The van der Waals surface area contributed by atoms with Crippen molar-refractivity contribution in [2.45, 2.75) is 11.8 Å². The molecule has 0 radical (unpaired) electrons. The first-order chi connectivity index (χ1) is 9.90. The number of furan rings is 1. The van der Waals surface area contributed by atoms with Crippen molar-refractivity contribution in [3.63, 3.8) is 0 Å². The molecule has 9 heteroatoms. The van der Waals surface area contributed by atoms with Gasteiger partial charge in [0, 0.05) is 11.6 Å². The van der Waals surface area contributed by atoms with Gasteiger partial charge in [-0.3, -0.25) is 10.1 Å². The number of rotatable bonds is 5. The van der Waals surface area contributed by atoms with E-state index < -0.39 is 14.9 Å². The van der Waals surface area contributed by atoms with E-state index in [9.17, 15) is 18.5 Å². The van der Waals surface area contributed by atoms with Crippen LogP contribution in [0.5, 0.6) is 0 Å². The fourth-order valence-corrected chi connectivity index (χ4v) is 2.34. The van der Waals surface area contributed by atoms with Gasteiger partial charge in [-0.15, -0.1) is 0 Å². The van der Waals surface area contributed by atoms with E-state index in [1.807, 2.05) is 4.83 Å². The molecule has 0 atom stereocenters. The minimum Gasteiger partial charge on any atom is -0.463 e. The third-order valence-electron chi connectivity index (χ3n) is 2.60. The molecule has 0 aliphatic carbocycles. The van der Waals surface area contributed by atoms with Crippen molar-refractivity contribution in [1.29, 1.82) is 0 Å². The SMILES string of the molecule is Cc1ccc(S(=O)(=O)N/N=C/c2ccco2)cc1[N+](=O)[O-]. The summed E-state index contributed by atoms with van der Waals surface area (Å²) in [6, 6.07) is 6.84.